The van der Waals surface area contributed by atoms with E-state index in [4.69, 9.17) is 20.9 Å². The molecular formula is C7H6O8. The van der Waals surface area contributed by atoms with E-state index in [1.54, 1.807) is 0 Å². The summed E-state index contributed by atoms with van der Waals surface area (Å²) in [6.07, 6.45) is 0. The van der Waals surface area contributed by atoms with Crippen LogP contribution in [-0.2, 0) is 0 Å². The van der Waals surface area contributed by atoms with E-state index in [9.17, 15) is 4.79 Å². The summed E-state index contributed by atoms with van der Waals surface area (Å²) in [5.41, 5.74) is -0.484. The average Bonchev–Trinajstić information content (AvgIpc) is 2.26. The Balaban J connectivity index is 3.40. The molecule has 0 saturated heterocycles. The Morgan fingerprint density at radius 1 is 1.00 bits per heavy atom. The first kappa shape index (κ1) is 11.0. The van der Waals surface area contributed by atoms with E-state index >= 15 is 0 Å². The SMILES string of the molecule is O=C(O)c1ccc(OO)c(OO)c1OO. The number of hydrogen-bond donors (Lipinski definition) is 4. The highest BCUT2D eigenvalue weighted by atomic mass is 17.1. The van der Waals surface area contributed by atoms with Crippen molar-refractivity contribution >= 4 is 5.97 Å². The van der Waals surface area contributed by atoms with Crippen LogP contribution in [0.2, 0.25) is 0 Å². The molecule has 1 aromatic rings. The summed E-state index contributed by atoms with van der Waals surface area (Å²) in [4.78, 5) is 21.8. The third-order valence-electron chi connectivity index (χ3n) is 1.59. The molecule has 8 nitrogen and oxygen atoms in total. The Hall–Kier alpha value is -2.03. The molecule has 0 aromatic heterocycles. The Labute approximate surface area is 82.3 Å². The molecule has 0 spiro atoms. The summed E-state index contributed by atoms with van der Waals surface area (Å²) in [6, 6.07) is 1.97. The van der Waals surface area contributed by atoms with Crippen LogP contribution >= 0.6 is 0 Å². The standard InChI is InChI=1S/C7H6O8/c8-7(9)3-1-2-4(13-10)6(15-12)5(3)14-11/h1-2,10-12H,(H,8,9). The number of aromatic carboxylic acids is 1. The molecule has 1 rings (SSSR count). The highest BCUT2D eigenvalue weighted by Crippen LogP contribution is 2.39. The minimum atomic E-state index is -1.43. The topological polar surface area (TPSA) is 126 Å². The van der Waals surface area contributed by atoms with Crippen LogP contribution in [0.15, 0.2) is 12.1 Å². The van der Waals surface area contributed by atoms with Crippen molar-refractivity contribution in [3.63, 3.8) is 0 Å². The molecule has 8 heteroatoms. The van der Waals surface area contributed by atoms with Crippen molar-refractivity contribution in [2.75, 3.05) is 0 Å². The van der Waals surface area contributed by atoms with E-state index in [0.717, 1.165) is 12.1 Å². The maximum Gasteiger partial charge on any atom is 0.339 e. The van der Waals surface area contributed by atoms with Crippen molar-refractivity contribution < 1.29 is 40.3 Å². The minimum absolute atomic E-state index is 0.424. The largest absolute Gasteiger partial charge is 0.478 e. The van der Waals surface area contributed by atoms with E-state index in [1.807, 2.05) is 0 Å². The summed E-state index contributed by atoms with van der Waals surface area (Å²) in [5, 5.41) is 33.8. The molecule has 15 heavy (non-hydrogen) atoms. The molecule has 0 aliphatic carbocycles. The Morgan fingerprint density at radius 2 is 1.60 bits per heavy atom. The number of rotatable bonds is 4. The predicted molar refractivity (Wildman–Crippen MR) is 43.2 cm³/mol. The highest BCUT2D eigenvalue weighted by Gasteiger charge is 2.23. The fraction of sp³-hybridized carbons (Fsp3) is 0. The molecule has 0 atom stereocenters. The van der Waals surface area contributed by atoms with Gasteiger partial charge in [-0.2, -0.15) is 0 Å². The zero-order valence-corrected chi connectivity index (χ0v) is 7.08. The molecule has 0 heterocycles. The van der Waals surface area contributed by atoms with Crippen LogP contribution in [0.4, 0.5) is 0 Å². The lowest BCUT2D eigenvalue weighted by Crippen LogP contribution is -2.04. The van der Waals surface area contributed by atoms with Gasteiger partial charge >= 0.3 is 5.97 Å². The number of carboxylic acid groups (broad SMARTS) is 1. The number of benzene rings is 1. The van der Waals surface area contributed by atoms with Crippen molar-refractivity contribution in [1.29, 1.82) is 0 Å². The lowest BCUT2D eigenvalue weighted by atomic mass is 10.2. The van der Waals surface area contributed by atoms with Gasteiger partial charge in [-0.1, -0.05) is 0 Å². The second-order valence-electron chi connectivity index (χ2n) is 2.35. The molecule has 0 amide bonds. The third-order valence-corrected chi connectivity index (χ3v) is 1.59. The maximum absolute atomic E-state index is 10.6. The lowest BCUT2D eigenvalue weighted by Gasteiger charge is -2.08. The van der Waals surface area contributed by atoms with Gasteiger partial charge in [-0.15, -0.1) is 0 Å². The van der Waals surface area contributed by atoms with Crippen LogP contribution in [0.1, 0.15) is 10.4 Å². The van der Waals surface area contributed by atoms with E-state index in [-0.39, 0.29) is 0 Å². The number of carboxylic acids is 1. The summed E-state index contributed by atoms with van der Waals surface area (Å²) < 4.78 is 0. The normalized spacial score (nSPS) is 9.53. The first-order valence-electron chi connectivity index (χ1n) is 3.50. The first-order chi connectivity index (χ1) is 7.15. The van der Waals surface area contributed by atoms with Gasteiger partial charge < -0.3 is 19.8 Å². The van der Waals surface area contributed by atoms with Crippen LogP contribution in [-0.4, -0.2) is 26.8 Å². The molecule has 0 fully saturated rings. The van der Waals surface area contributed by atoms with Gasteiger partial charge in [0.15, 0.2) is 0 Å². The smallest absolute Gasteiger partial charge is 0.339 e. The van der Waals surface area contributed by atoms with Crippen molar-refractivity contribution in [3.8, 4) is 17.2 Å². The van der Waals surface area contributed by atoms with Crippen molar-refractivity contribution in [1.82, 2.24) is 0 Å². The second-order valence-corrected chi connectivity index (χ2v) is 2.35. The summed E-state index contributed by atoms with van der Waals surface area (Å²) in [5.74, 6) is -3.22. The highest BCUT2D eigenvalue weighted by molar-refractivity contribution is 5.92. The Bertz CT molecular complexity index is 373. The number of carbonyl (C=O) groups is 1. The van der Waals surface area contributed by atoms with Gasteiger partial charge in [-0.3, -0.25) is 0 Å². The fourth-order valence-corrected chi connectivity index (χ4v) is 0.962. The third kappa shape index (κ3) is 1.91. The van der Waals surface area contributed by atoms with Gasteiger partial charge in [-0.05, 0) is 12.1 Å². The number of hydrogen-bond acceptors (Lipinski definition) is 7. The summed E-state index contributed by atoms with van der Waals surface area (Å²) in [7, 11) is 0. The Morgan fingerprint density at radius 3 is 2.00 bits per heavy atom. The monoisotopic (exact) mass is 218 g/mol. The van der Waals surface area contributed by atoms with Gasteiger partial charge in [0.05, 0.1) is 0 Å². The molecule has 0 aliphatic heterocycles. The fourth-order valence-electron chi connectivity index (χ4n) is 0.962. The molecular weight excluding hydrogens is 212 g/mol. The molecule has 0 saturated carbocycles. The van der Waals surface area contributed by atoms with Crippen LogP contribution in [0, 0.1) is 0 Å². The summed E-state index contributed by atoms with van der Waals surface area (Å²) in [6.45, 7) is 0. The van der Waals surface area contributed by atoms with Gasteiger partial charge in [0.2, 0.25) is 11.5 Å². The molecule has 0 radical (unpaired) electrons. The predicted octanol–water partition coefficient (Wildman–Crippen LogP) is 0.940. The zero-order chi connectivity index (χ0) is 11.4. The molecule has 0 aliphatic rings. The van der Waals surface area contributed by atoms with Crippen LogP contribution in [0.3, 0.4) is 0 Å². The lowest BCUT2D eigenvalue weighted by molar-refractivity contribution is -0.178. The van der Waals surface area contributed by atoms with Gasteiger partial charge in [0.25, 0.3) is 5.75 Å². The van der Waals surface area contributed by atoms with E-state index in [2.05, 4.69) is 14.7 Å². The van der Waals surface area contributed by atoms with Gasteiger partial charge in [0, 0.05) is 0 Å². The minimum Gasteiger partial charge on any atom is -0.478 e. The van der Waals surface area contributed by atoms with Crippen LogP contribution < -0.4 is 14.7 Å². The van der Waals surface area contributed by atoms with E-state index in [1.165, 1.54) is 0 Å². The van der Waals surface area contributed by atoms with Crippen LogP contribution in [0.25, 0.3) is 0 Å². The molecule has 0 bridgehead atoms. The maximum atomic E-state index is 10.6. The van der Waals surface area contributed by atoms with Crippen molar-refractivity contribution in [3.05, 3.63) is 17.7 Å². The first-order valence-corrected chi connectivity index (χ1v) is 3.50. The molecule has 0 unspecified atom stereocenters. The van der Waals surface area contributed by atoms with Crippen LogP contribution in [0.5, 0.6) is 17.2 Å². The quantitative estimate of drug-likeness (QED) is 0.434. The Kier molecular flexibility index (Phi) is 3.29. The van der Waals surface area contributed by atoms with E-state index in [0.29, 0.717) is 0 Å². The van der Waals surface area contributed by atoms with Crippen molar-refractivity contribution in [2.24, 2.45) is 0 Å². The van der Waals surface area contributed by atoms with Crippen molar-refractivity contribution in [2.45, 2.75) is 0 Å². The van der Waals surface area contributed by atoms with Gasteiger partial charge in [0.1, 0.15) is 5.56 Å². The second kappa shape index (κ2) is 4.46. The van der Waals surface area contributed by atoms with Gasteiger partial charge in [-0.25, -0.2) is 20.6 Å². The average molecular weight is 218 g/mol. The zero-order valence-electron chi connectivity index (χ0n) is 7.08. The van der Waals surface area contributed by atoms with E-state index < -0.39 is 28.8 Å². The molecule has 1 aromatic carbocycles. The summed E-state index contributed by atoms with van der Waals surface area (Å²) >= 11 is 0. The molecule has 4 N–H and O–H groups in total. The molecule has 82 valence electrons.